The smallest absolute Gasteiger partial charge is 0.159 e. The van der Waals surface area contributed by atoms with Crippen molar-refractivity contribution in [1.82, 2.24) is 9.97 Å². The number of furan rings is 1. The molecule has 3 heterocycles. The Morgan fingerprint density at radius 3 is 2.90 bits per heavy atom. The number of hydrogen-bond acceptors (Lipinski definition) is 3. The summed E-state index contributed by atoms with van der Waals surface area (Å²) in [5.74, 6) is 0.615. The third kappa shape index (κ3) is 1.49. The summed E-state index contributed by atoms with van der Waals surface area (Å²) in [6, 6.07) is 11.9. The first-order chi connectivity index (χ1) is 9.88. The minimum atomic E-state index is -0.0653. The number of benzene rings is 1. The molecule has 0 spiro atoms. The number of fused-ring (bicyclic) bond motifs is 3. The van der Waals surface area contributed by atoms with Gasteiger partial charge in [-0.05, 0) is 18.2 Å². The van der Waals surface area contributed by atoms with Crippen molar-refractivity contribution < 1.29 is 9.52 Å². The van der Waals surface area contributed by atoms with Crippen molar-refractivity contribution in [3.8, 4) is 11.5 Å². The van der Waals surface area contributed by atoms with Crippen LogP contribution >= 0.6 is 0 Å². The summed E-state index contributed by atoms with van der Waals surface area (Å²) in [4.78, 5) is 7.80. The highest BCUT2D eigenvalue weighted by atomic mass is 16.3. The normalized spacial score (nSPS) is 11.4. The second-order valence-corrected chi connectivity index (χ2v) is 4.69. The summed E-state index contributed by atoms with van der Waals surface area (Å²) in [6.07, 6.45) is 3.34. The van der Waals surface area contributed by atoms with Crippen LogP contribution in [0, 0.1) is 0 Å². The molecule has 0 aliphatic carbocycles. The first-order valence-electron chi connectivity index (χ1n) is 6.41. The van der Waals surface area contributed by atoms with Crippen molar-refractivity contribution in [1.29, 1.82) is 0 Å². The van der Waals surface area contributed by atoms with Crippen LogP contribution in [0.3, 0.4) is 0 Å². The number of hydrogen-bond donors (Lipinski definition) is 2. The average molecular weight is 264 g/mol. The third-order valence-electron chi connectivity index (χ3n) is 3.56. The first kappa shape index (κ1) is 11.3. The van der Waals surface area contributed by atoms with E-state index in [4.69, 9.17) is 4.42 Å². The van der Waals surface area contributed by atoms with Gasteiger partial charge in [-0.3, -0.25) is 4.98 Å². The number of aromatic amines is 1. The van der Waals surface area contributed by atoms with Gasteiger partial charge in [0.25, 0.3) is 0 Å². The predicted molar refractivity (Wildman–Crippen MR) is 77.2 cm³/mol. The van der Waals surface area contributed by atoms with Gasteiger partial charge in [-0.2, -0.15) is 0 Å². The van der Waals surface area contributed by atoms with Crippen molar-refractivity contribution in [3.63, 3.8) is 0 Å². The molecule has 0 unspecified atom stereocenters. The zero-order valence-corrected chi connectivity index (χ0v) is 10.6. The molecule has 0 saturated heterocycles. The lowest BCUT2D eigenvalue weighted by atomic mass is 10.1. The van der Waals surface area contributed by atoms with Crippen LogP contribution in [0.25, 0.3) is 33.3 Å². The fourth-order valence-corrected chi connectivity index (χ4v) is 2.61. The van der Waals surface area contributed by atoms with E-state index in [0.717, 1.165) is 33.1 Å². The molecule has 20 heavy (non-hydrogen) atoms. The van der Waals surface area contributed by atoms with E-state index in [-0.39, 0.29) is 6.61 Å². The van der Waals surface area contributed by atoms with Gasteiger partial charge in [0.2, 0.25) is 0 Å². The summed E-state index contributed by atoms with van der Waals surface area (Å²) in [5, 5.41) is 11.6. The van der Waals surface area contributed by atoms with Crippen molar-refractivity contribution in [2.24, 2.45) is 0 Å². The molecule has 0 fully saturated rings. The Balaban J connectivity index is 2.10. The zero-order valence-electron chi connectivity index (χ0n) is 10.6. The van der Waals surface area contributed by atoms with E-state index in [2.05, 4.69) is 16.0 Å². The summed E-state index contributed by atoms with van der Waals surface area (Å²) in [6.45, 7) is -0.0653. The molecule has 0 aliphatic heterocycles. The molecule has 0 saturated carbocycles. The number of aromatic nitrogens is 2. The minimum Gasteiger partial charge on any atom is -0.462 e. The highest BCUT2D eigenvalue weighted by molar-refractivity contribution is 6.10. The van der Waals surface area contributed by atoms with Crippen LogP contribution in [0.15, 0.2) is 53.3 Å². The molecule has 0 radical (unpaired) electrons. The molecule has 0 amide bonds. The summed E-state index contributed by atoms with van der Waals surface area (Å²) >= 11 is 0. The zero-order chi connectivity index (χ0) is 13.5. The number of para-hydroxylation sites is 1. The topological polar surface area (TPSA) is 62.1 Å². The van der Waals surface area contributed by atoms with E-state index in [0.29, 0.717) is 5.76 Å². The standard InChI is InChI=1S/C16H12N2O2/c19-9-10-6-8-20-16(10)15-14-12(5-7-17-15)11-3-1-2-4-13(11)18-14/h1-8,18-19H,9H2. The monoisotopic (exact) mass is 264 g/mol. The molecule has 4 heteroatoms. The van der Waals surface area contributed by atoms with Crippen LogP contribution in [-0.4, -0.2) is 15.1 Å². The number of aliphatic hydroxyl groups is 1. The molecule has 3 aromatic heterocycles. The Morgan fingerprint density at radius 1 is 1.10 bits per heavy atom. The molecule has 0 bridgehead atoms. The Labute approximate surface area is 114 Å². The van der Waals surface area contributed by atoms with Crippen LogP contribution < -0.4 is 0 Å². The van der Waals surface area contributed by atoms with E-state index >= 15 is 0 Å². The SMILES string of the molecule is OCc1ccoc1-c1nccc2c1[nH]c1ccccc12. The number of H-pyrrole nitrogens is 1. The molecule has 4 aromatic rings. The van der Waals surface area contributed by atoms with E-state index < -0.39 is 0 Å². The van der Waals surface area contributed by atoms with Gasteiger partial charge in [-0.25, -0.2) is 0 Å². The van der Waals surface area contributed by atoms with Gasteiger partial charge in [0.05, 0.1) is 18.4 Å². The van der Waals surface area contributed by atoms with Gasteiger partial charge < -0.3 is 14.5 Å². The van der Waals surface area contributed by atoms with Crippen LogP contribution in [0.2, 0.25) is 0 Å². The second kappa shape index (κ2) is 4.21. The second-order valence-electron chi connectivity index (χ2n) is 4.69. The van der Waals surface area contributed by atoms with Crippen molar-refractivity contribution >= 4 is 21.8 Å². The molecule has 4 rings (SSSR count). The summed E-state index contributed by atoms with van der Waals surface area (Å²) in [5.41, 5.74) is 3.46. The van der Waals surface area contributed by atoms with Gasteiger partial charge in [0.1, 0.15) is 5.69 Å². The fourth-order valence-electron chi connectivity index (χ4n) is 2.61. The Kier molecular flexibility index (Phi) is 2.37. The molecule has 2 N–H and O–H groups in total. The maximum absolute atomic E-state index is 9.38. The molecular formula is C16H12N2O2. The molecule has 98 valence electrons. The quantitative estimate of drug-likeness (QED) is 0.582. The van der Waals surface area contributed by atoms with Gasteiger partial charge in [0, 0.05) is 28.0 Å². The minimum absolute atomic E-state index is 0.0653. The van der Waals surface area contributed by atoms with Gasteiger partial charge in [0.15, 0.2) is 5.76 Å². The van der Waals surface area contributed by atoms with Crippen LogP contribution in [-0.2, 0) is 6.61 Å². The maximum Gasteiger partial charge on any atom is 0.159 e. The summed E-state index contributed by atoms with van der Waals surface area (Å²) < 4.78 is 5.50. The van der Waals surface area contributed by atoms with E-state index in [1.165, 1.54) is 0 Å². The van der Waals surface area contributed by atoms with E-state index in [1.54, 1.807) is 18.5 Å². The van der Waals surface area contributed by atoms with Gasteiger partial charge in [-0.1, -0.05) is 18.2 Å². The molecule has 0 aliphatic rings. The number of rotatable bonds is 2. The third-order valence-corrected chi connectivity index (χ3v) is 3.56. The van der Waals surface area contributed by atoms with E-state index in [9.17, 15) is 5.11 Å². The van der Waals surface area contributed by atoms with Gasteiger partial charge in [-0.15, -0.1) is 0 Å². The lowest BCUT2D eigenvalue weighted by Crippen LogP contribution is -1.88. The molecular weight excluding hydrogens is 252 g/mol. The Hall–Kier alpha value is -2.59. The Morgan fingerprint density at radius 2 is 2.00 bits per heavy atom. The van der Waals surface area contributed by atoms with Crippen LogP contribution in [0.5, 0.6) is 0 Å². The van der Waals surface area contributed by atoms with Crippen molar-refractivity contribution in [2.75, 3.05) is 0 Å². The largest absolute Gasteiger partial charge is 0.462 e. The highest BCUT2D eigenvalue weighted by Crippen LogP contribution is 2.33. The number of nitrogens with one attached hydrogen (secondary N) is 1. The fraction of sp³-hybridized carbons (Fsp3) is 0.0625. The number of aliphatic hydroxyl groups excluding tert-OH is 1. The predicted octanol–water partition coefficient (Wildman–Crippen LogP) is 3.47. The van der Waals surface area contributed by atoms with Crippen LogP contribution in [0.1, 0.15) is 5.56 Å². The molecule has 1 aromatic carbocycles. The van der Waals surface area contributed by atoms with Crippen molar-refractivity contribution in [2.45, 2.75) is 6.61 Å². The lowest BCUT2D eigenvalue weighted by Gasteiger charge is -2.01. The lowest BCUT2D eigenvalue weighted by molar-refractivity contribution is 0.281. The maximum atomic E-state index is 9.38. The van der Waals surface area contributed by atoms with Gasteiger partial charge >= 0.3 is 0 Å². The molecule has 4 nitrogen and oxygen atoms in total. The first-order valence-corrected chi connectivity index (χ1v) is 6.41. The molecule has 0 atom stereocenters. The van der Waals surface area contributed by atoms with Crippen LogP contribution in [0.4, 0.5) is 0 Å². The average Bonchev–Trinajstić information content (AvgIpc) is 3.10. The Bertz CT molecular complexity index is 905. The number of pyridine rings is 1. The highest BCUT2D eigenvalue weighted by Gasteiger charge is 2.15. The number of nitrogens with zero attached hydrogens (tertiary/aromatic N) is 1. The van der Waals surface area contributed by atoms with Crippen molar-refractivity contribution in [3.05, 3.63) is 54.4 Å². The summed E-state index contributed by atoms with van der Waals surface area (Å²) in [7, 11) is 0. The van der Waals surface area contributed by atoms with E-state index in [1.807, 2.05) is 24.3 Å².